The van der Waals surface area contributed by atoms with Crippen molar-refractivity contribution in [3.05, 3.63) is 16.5 Å². The molecule has 2 aromatic rings. The van der Waals surface area contributed by atoms with Crippen LogP contribution in [0.2, 0.25) is 0 Å². The van der Waals surface area contributed by atoms with Crippen molar-refractivity contribution in [2.45, 2.75) is 25.4 Å². The molecule has 14 heavy (non-hydrogen) atoms. The summed E-state index contributed by atoms with van der Waals surface area (Å²) in [5.74, 6) is 0. The monoisotopic (exact) mass is 225 g/mol. The Morgan fingerprint density at radius 2 is 2.43 bits per heavy atom. The number of thiophene rings is 1. The third-order valence-electron chi connectivity index (χ3n) is 2.53. The van der Waals surface area contributed by atoms with Crippen LogP contribution in [0.5, 0.6) is 0 Å². The second-order valence-corrected chi connectivity index (χ2v) is 5.46. The number of thiazole rings is 1. The van der Waals surface area contributed by atoms with Gasteiger partial charge in [0, 0.05) is 6.61 Å². The van der Waals surface area contributed by atoms with E-state index >= 15 is 0 Å². The predicted molar refractivity (Wildman–Crippen MR) is 60.0 cm³/mol. The minimum absolute atomic E-state index is 0.00183. The SMILES string of the molecule is CCOC1(c2nc3sccc3s2)CC1. The Morgan fingerprint density at radius 3 is 3.07 bits per heavy atom. The number of aromatic nitrogens is 1. The largest absolute Gasteiger partial charge is 0.368 e. The van der Waals surface area contributed by atoms with Gasteiger partial charge in [-0.05, 0) is 31.2 Å². The molecule has 2 aromatic heterocycles. The van der Waals surface area contributed by atoms with Crippen molar-refractivity contribution in [1.82, 2.24) is 4.98 Å². The third kappa shape index (κ3) is 1.21. The number of ether oxygens (including phenoxy) is 1. The average Bonchev–Trinajstić information content (AvgIpc) is 2.65. The van der Waals surface area contributed by atoms with Crippen LogP contribution >= 0.6 is 22.7 Å². The maximum Gasteiger partial charge on any atom is 0.134 e. The molecule has 0 unspecified atom stereocenters. The van der Waals surface area contributed by atoms with Crippen LogP contribution in [0, 0.1) is 0 Å². The fourth-order valence-corrected chi connectivity index (χ4v) is 3.81. The second-order valence-electron chi connectivity index (χ2n) is 3.54. The number of fused-ring (bicyclic) bond motifs is 1. The van der Waals surface area contributed by atoms with Gasteiger partial charge in [-0.25, -0.2) is 4.98 Å². The van der Waals surface area contributed by atoms with E-state index in [2.05, 4.69) is 23.4 Å². The van der Waals surface area contributed by atoms with E-state index in [1.807, 2.05) is 0 Å². The number of rotatable bonds is 3. The van der Waals surface area contributed by atoms with Crippen molar-refractivity contribution in [3.8, 4) is 0 Å². The summed E-state index contributed by atoms with van der Waals surface area (Å²) in [4.78, 5) is 5.80. The van der Waals surface area contributed by atoms with E-state index in [0.29, 0.717) is 0 Å². The molecular weight excluding hydrogens is 214 g/mol. The van der Waals surface area contributed by atoms with Gasteiger partial charge in [0.15, 0.2) is 0 Å². The van der Waals surface area contributed by atoms with E-state index in [1.165, 1.54) is 9.71 Å². The number of hydrogen-bond acceptors (Lipinski definition) is 4. The van der Waals surface area contributed by atoms with Crippen molar-refractivity contribution in [2.75, 3.05) is 6.61 Å². The first-order chi connectivity index (χ1) is 6.84. The van der Waals surface area contributed by atoms with Crippen LogP contribution in [-0.4, -0.2) is 11.6 Å². The molecule has 1 saturated carbocycles. The molecule has 3 rings (SSSR count). The highest BCUT2D eigenvalue weighted by Gasteiger charge is 2.48. The minimum atomic E-state index is -0.00183. The zero-order chi connectivity index (χ0) is 9.60. The molecule has 74 valence electrons. The average molecular weight is 225 g/mol. The van der Waals surface area contributed by atoms with Crippen LogP contribution in [0.3, 0.4) is 0 Å². The molecule has 0 aromatic carbocycles. The van der Waals surface area contributed by atoms with Crippen molar-refractivity contribution >= 4 is 32.2 Å². The van der Waals surface area contributed by atoms with Crippen molar-refractivity contribution < 1.29 is 4.74 Å². The van der Waals surface area contributed by atoms with Crippen LogP contribution in [0.1, 0.15) is 24.8 Å². The molecule has 0 amide bonds. The molecule has 0 N–H and O–H groups in total. The zero-order valence-electron chi connectivity index (χ0n) is 7.95. The molecule has 1 aliphatic carbocycles. The summed E-state index contributed by atoms with van der Waals surface area (Å²) >= 11 is 3.50. The van der Waals surface area contributed by atoms with Gasteiger partial charge in [-0.1, -0.05) is 0 Å². The van der Waals surface area contributed by atoms with Gasteiger partial charge in [0.05, 0.1) is 4.70 Å². The van der Waals surface area contributed by atoms with Crippen molar-refractivity contribution in [1.29, 1.82) is 0 Å². The van der Waals surface area contributed by atoms with Crippen LogP contribution in [0.4, 0.5) is 0 Å². The second kappa shape index (κ2) is 3.02. The highest BCUT2D eigenvalue weighted by Crippen LogP contribution is 2.51. The summed E-state index contributed by atoms with van der Waals surface area (Å²) in [6.07, 6.45) is 2.28. The van der Waals surface area contributed by atoms with E-state index < -0.39 is 0 Å². The number of nitrogens with zero attached hydrogens (tertiary/aromatic N) is 1. The van der Waals surface area contributed by atoms with Crippen LogP contribution < -0.4 is 0 Å². The summed E-state index contributed by atoms with van der Waals surface area (Å²) in [5, 5.41) is 3.28. The molecule has 4 heteroatoms. The van der Waals surface area contributed by atoms with Gasteiger partial charge in [0.2, 0.25) is 0 Å². The molecule has 0 atom stereocenters. The van der Waals surface area contributed by atoms with Gasteiger partial charge < -0.3 is 4.74 Å². The Labute approximate surface area is 90.5 Å². The first kappa shape index (κ1) is 8.83. The van der Waals surface area contributed by atoms with Crippen LogP contribution in [0.15, 0.2) is 11.4 Å². The summed E-state index contributed by atoms with van der Waals surface area (Å²) in [7, 11) is 0. The molecule has 0 saturated heterocycles. The lowest BCUT2D eigenvalue weighted by atomic mass is 10.3. The lowest BCUT2D eigenvalue weighted by molar-refractivity contribution is 0.0396. The summed E-state index contributed by atoms with van der Waals surface area (Å²) in [6, 6.07) is 2.14. The summed E-state index contributed by atoms with van der Waals surface area (Å²) in [6.45, 7) is 2.84. The first-order valence-electron chi connectivity index (χ1n) is 4.82. The van der Waals surface area contributed by atoms with E-state index in [9.17, 15) is 0 Å². The zero-order valence-corrected chi connectivity index (χ0v) is 9.58. The van der Waals surface area contributed by atoms with Crippen LogP contribution in [-0.2, 0) is 10.3 Å². The highest BCUT2D eigenvalue weighted by molar-refractivity contribution is 7.26. The molecule has 0 bridgehead atoms. The Kier molecular flexibility index (Phi) is 1.90. The fraction of sp³-hybridized carbons (Fsp3) is 0.500. The highest BCUT2D eigenvalue weighted by atomic mass is 32.1. The predicted octanol–water partition coefficient (Wildman–Crippen LogP) is 3.38. The maximum atomic E-state index is 5.78. The number of hydrogen-bond donors (Lipinski definition) is 0. The topological polar surface area (TPSA) is 22.1 Å². The van der Waals surface area contributed by atoms with E-state index in [4.69, 9.17) is 4.74 Å². The lowest BCUT2D eigenvalue weighted by Gasteiger charge is -2.10. The van der Waals surface area contributed by atoms with Gasteiger partial charge in [0.1, 0.15) is 15.4 Å². The van der Waals surface area contributed by atoms with Gasteiger partial charge in [-0.15, -0.1) is 22.7 Å². The van der Waals surface area contributed by atoms with Crippen LogP contribution in [0.25, 0.3) is 9.53 Å². The fourth-order valence-electron chi connectivity index (χ4n) is 1.67. The Hall–Kier alpha value is -0.450. The molecule has 1 aliphatic rings. The molecule has 2 heterocycles. The third-order valence-corrected chi connectivity index (χ3v) is 4.68. The van der Waals surface area contributed by atoms with E-state index in [-0.39, 0.29) is 5.60 Å². The Bertz CT molecular complexity index is 427. The van der Waals surface area contributed by atoms with Crippen molar-refractivity contribution in [3.63, 3.8) is 0 Å². The Morgan fingerprint density at radius 1 is 1.57 bits per heavy atom. The first-order valence-corrected chi connectivity index (χ1v) is 6.52. The smallest absolute Gasteiger partial charge is 0.134 e. The standard InChI is InChI=1S/C10H11NOS2/c1-2-12-10(4-5-10)9-11-8-7(14-9)3-6-13-8/h3,6H,2,4-5H2,1H3. The van der Waals surface area contributed by atoms with Gasteiger partial charge >= 0.3 is 0 Å². The molecular formula is C10H11NOS2. The molecule has 0 spiro atoms. The van der Waals surface area contributed by atoms with E-state index in [1.54, 1.807) is 22.7 Å². The van der Waals surface area contributed by atoms with E-state index in [0.717, 1.165) is 24.3 Å². The summed E-state index contributed by atoms with van der Waals surface area (Å²) in [5.41, 5.74) is -0.00183. The van der Waals surface area contributed by atoms with Gasteiger partial charge in [-0.2, -0.15) is 0 Å². The quantitative estimate of drug-likeness (QED) is 0.799. The summed E-state index contributed by atoms with van der Waals surface area (Å²) < 4.78 is 7.08. The van der Waals surface area contributed by atoms with Crippen molar-refractivity contribution in [2.24, 2.45) is 0 Å². The Balaban J connectivity index is 2.01. The lowest BCUT2D eigenvalue weighted by Crippen LogP contribution is -2.10. The minimum Gasteiger partial charge on any atom is -0.368 e. The normalized spacial score (nSPS) is 18.9. The molecule has 2 nitrogen and oxygen atoms in total. The molecule has 1 fully saturated rings. The molecule has 0 aliphatic heterocycles. The molecule has 0 radical (unpaired) electrons. The van der Waals surface area contributed by atoms with Gasteiger partial charge in [0.25, 0.3) is 0 Å². The van der Waals surface area contributed by atoms with Gasteiger partial charge in [-0.3, -0.25) is 0 Å². The maximum absolute atomic E-state index is 5.78.